The summed E-state index contributed by atoms with van der Waals surface area (Å²) in [5.41, 5.74) is 5.77. The lowest BCUT2D eigenvalue weighted by molar-refractivity contribution is 0.669. The van der Waals surface area contributed by atoms with Crippen LogP contribution in [0.5, 0.6) is 0 Å². The van der Waals surface area contributed by atoms with Crippen LogP contribution in [-0.2, 0) is 0 Å². The minimum absolute atomic E-state index is 0.898. The molecular formula is C25H17NO2. The average Bonchev–Trinajstić information content (AvgIpc) is 3.30. The minimum Gasteiger partial charge on any atom is -0.456 e. The molecule has 0 aliphatic rings. The van der Waals surface area contributed by atoms with Crippen molar-refractivity contribution in [3.63, 3.8) is 0 Å². The highest BCUT2D eigenvalue weighted by atomic mass is 16.3. The first-order valence-electron chi connectivity index (χ1n) is 9.34. The van der Waals surface area contributed by atoms with Gasteiger partial charge in [-0.25, -0.2) is 0 Å². The number of hydrogen-bond acceptors (Lipinski definition) is 3. The van der Waals surface area contributed by atoms with Crippen molar-refractivity contribution in [3.05, 3.63) is 84.9 Å². The Labute approximate surface area is 161 Å². The quantitative estimate of drug-likeness (QED) is 0.324. The SMILES string of the molecule is CN(c1ccc2c(c1)oc1ccccc12)c1ccc2c(c1)oc1ccccc12. The molecular weight excluding hydrogens is 346 g/mol. The van der Waals surface area contributed by atoms with E-state index in [1.54, 1.807) is 0 Å². The van der Waals surface area contributed by atoms with E-state index >= 15 is 0 Å². The van der Waals surface area contributed by atoms with Gasteiger partial charge in [0.1, 0.15) is 22.3 Å². The van der Waals surface area contributed by atoms with Gasteiger partial charge in [-0.05, 0) is 36.4 Å². The normalized spacial score (nSPS) is 11.8. The molecule has 0 atom stereocenters. The van der Waals surface area contributed by atoms with Crippen LogP contribution in [0.4, 0.5) is 11.4 Å². The van der Waals surface area contributed by atoms with Crippen molar-refractivity contribution in [2.75, 3.05) is 11.9 Å². The first kappa shape index (κ1) is 15.3. The summed E-state index contributed by atoms with van der Waals surface area (Å²) < 4.78 is 12.1. The van der Waals surface area contributed by atoms with Crippen molar-refractivity contribution < 1.29 is 8.83 Å². The van der Waals surface area contributed by atoms with E-state index in [1.807, 2.05) is 36.4 Å². The fraction of sp³-hybridized carbons (Fsp3) is 0.0400. The summed E-state index contributed by atoms with van der Waals surface area (Å²) in [6.45, 7) is 0. The van der Waals surface area contributed by atoms with Crippen LogP contribution >= 0.6 is 0 Å². The number of hydrogen-bond donors (Lipinski definition) is 0. The second kappa shape index (κ2) is 5.64. The molecule has 28 heavy (non-hydrogen) atoms. The summed E-state index contributed by atoms with van der Waals surface area (Å²) >= 11 is 0. The molecule has 6 aromatic rings. The molecule has 2 aromatic heterocycles. The molecule has 0 saturated carbocycles. The van der Waals surface area contributed by atoms with Gasteiger partial charge in [0, 0.05) is 52.1 Å². The number of furan rings is 2. The highest BCUT2D eigenvalue weighted by molar-refractivity contribution is 6.07. The Hall–Kier alpha value is -3.72. The number of fused-ring (bicyclic) bond motifs is 6. The molecule has 3 nitrogen and oxygen atoms in total. The predicted molar refractivity (Wildman–Crippen MR) is 116 cm³/mol. The Morgan fingerprint density at radius 1 is 0.500 bits per heavy atom. The van der Waals surface area contributed by atoms with E-state index in [-0.39, 0.29) is 0 Å². The monoisotopic (exact) mass is 363 g/mol. The number of para-hydroxylation sites is 2. The number of rotatable bonds is 2. The Morgan fingerprint density at radius 2 is 0.929 bits per heavy atom. The van der Waals surface area contributed by atoms with Crippen LogP contribution in [0, 0.1) is 0 Å². The van der Waals surface area contributed by atoms with E-state index in [2.05, 4.69) is 60.5 Å². The number of anilines is 2. The van der Waals surface area contributed by atoms with Crippen LogP contribution in [0.15, 0.2) is 93.8 Å². The van der Waals surface area contributed by atoms with Crippen LogP contribution in [0.2, 0.25) is 0 Å². The van der Waals surface area contributed by atoms with Crippen molar-refractivity contribution >= 4 is 55.3 Å². The van der Waals surface area contributed by atoms with Crippen molar-refractivity contribution in [2.24, 2.45) is 0 Å². The lowest BCUT2D eigenvalue weighted by atomic mass is 10.1. The average molecular weight is 363 g/mol. The van der Waals surface area contributed by atoms with Crippen molar-refractivity contribution in [1.82, 2.24) is 0 Å². The van der Waals surface area contributed by atoms with Crippen molar-refractivity contribution in [1.29, 1.82) is 0 Å². The maximum absolute atomic E-state index is 6.04. The van der Waals surface area contributed by atoms with Gasteiger partial charge in [0.05, 0.1) is 0 Å². The van der Waals surface area contributed by atoms with E-state index < -0.39 is 0 Å². The van der Waals surface area contributed by atoms with Gasteiger partial charge >= 0.3 is 0 Å². The largest absolute Gasteiger partial charge is 0.456 e. The van der Waals surface area contributed by atoms with Gasteiger partial charge in [-0.2, -0.15) is 0 Å². The molecule has 0 radical (unpaired) electrons. The smallest absolute Gasteiger partial charge is 0.137 e. The summed E-state index contributed by atoms with van der Waals surface area (Å²) in [6.07, 6.45) is 0. The second-order valence-corrected chi connectivity index (χ2v) is 7.12. The Kier molecular flexibility index (Phi) is 3.09. The fourth-order valence-corrected chi connectivity index (χ4v) is 4.00. The first-order valence-corrected chi connectivity index (χ1v) is 9.34. The highest BCUT2D eigenvalue weighted by Crippen LogP contribution is 2.35. The standard InChI is InChI=1S/C25H17NO2/c1-26(16-10-12-20-18-6-2-4-8-22(18)27-24(20)14-16)17-11-13-21-19-7-3-5-9-23(19)28-25(21)15-17/h2-15H,1H3. The molecule has 0 aliphatic carbocycles. The van der Waals surface area contributed by atoms with Gasteiger partial charge in [0.25, 0.3) is 0 Å². The molecule has 134 valence electrons. The molecule has 4 aromatic carbocycles. The number of nitrogens with zero attached hydrogens (tertiary/aromatic N) is 1. The highest BCUT2D eigenvalue weighted by Gasteiger charge is 2.12. The Morgan fingerprint density at radius 3 is 1.43 bits per heavy atom. The van der Waals surface area contributed by atoms with Crippen molar-refractivity contribution in [3.8, 4) is 0 Å². The summed E-state index contributed by atoms with van der Waals surface area (Å²) in [4.78, 5) is 2.15. The molecule has 0 aliphatic heterocycles. The Balaban J connectivity index is 1.47. The third kappa shape index (κ3) is 2.16. The third-order valence-electron chi connectivity index (χ3n) is 5.50. The van der Waals surface area contributed by atoms with Crippen LogP contribution in [0.25, 0.3) is 43.9 Å². The third-order valence-corrected chi connectivity index (χ3v) is 5.50. The van der Waals surface area contributed by atoms with Crippen LogP contribution < -0.4 is 4.90 Å². The molecule has 6 rings (SSSR count). The van der Waals surface area contributed by atoms with E-state index in [0.717, 1.165) is 55.3 Å². The molecule has 0 fully saturated rings. The lowest BCUT2D eigenvalue weighted by Crippen LogP contribution is -2.08. The molecule has 0 bridgehead atoms. The molecule has 0 N–H and O–H groups in total. The van der Waals surface area contributed by atoms with Crippen LogP contribution in [0.1, 0.15) is 0 Å². The summed E-state index contributed by atoms with van der Waals surface area (Å²) in [5, 5.41) is 4.58. The van der Waals surface area contributed by atoms with E-state index in [9.17, 15) is 0 Å². The van der Waals surface area contributed by atoms with Gasteiger partial charge in [-0.15, -0.1) is 0 Å². The van der Waals surface area contributed by atoms with Crippen molar-refractivity contribution in [2.45, 2.75) is 0 Å². The fourth-order valence-electron chi connectivity index (χ4n) is 4.00. The maximum atomic E-state index is 6.04. The summed E-state index contributed by atoms with van der Waals surface area (Å²) in [7, 11) is 2.06. The lowest BCUT2D eigenvalue weighted by Gasteiger charge is -2.19. The zero-order valence-electron chi connectivity index (χ0n) is 15.3. The predicted octanol–water partition coefficient (Wildman–Crippen LogP) is 7.25. The van der Waals surface area contributed by atoms with Crippen LogP contribution in [0.3, 0.4) is 0 Å². The van der Waals surface area contributed by atoms with Gasteiger partial charge in [-0.1, -0.05) is 36.4 Å². The molecule has 0 amide bonds. The van der Waals surface area contributed by atoms with Gasteiger partial charge in [0.2, 0.25) is 0 Å². The van der Waals surface area contributed by atoms with E-state index in [1.165, 1.54) is 0 Å². The van der Waals surface area contributed by atoms with E-state index in [4.69, 9.17) is 8.83 Å². The molecule has 0 saturated heterocycles. The Bertz CT molecular complexity index is 1370. The van der Waals surface area contributed by atoms with Crippen LogP contribution in [-0.4, -0.2) is 7.05 Å². The zero-order chi connectivity index (χ0) is 18.7. The molecule has 0 unspecified atom stereocenters. The van der Waals surface area contributed by atoms with Gasteiger partial charge < -0.3 is 13.7 Å². The summed E-state index contributed by atoms with van der Waals surface area (Å²) in [6, 6.07) is 29.0. The first-order chi connectivity index (χ1) is 13.8. The van der Waals surface area contributed by atoms with Gasteiger partial charge in [0.15, 0.2) is 0 Å². The van der Waals surface area contributed by atoms with E-state index in [0.29, 0.717) is 0 Å². The molecule has 3 heteroatoms. The summed E-state index contributed by atoms with van der Waals surface area (Å²) in [5.74, 6) is 0. The molecule has 2 heterocycles. The molecule has 0 spiro atoms. The number of benzene rings is 4. The maximum Gasteiger partial charge on any atom is 0.137 e. The second-order valence-electron chi connectivity index (χ2n) is 7.12. The minimum atomic E-state index is 0.898. The topological polar surface area (TPSA) is 29.5 Å². The van der Waals surface area contributed by atoms with Gasteiger partial charge in [-0.3, -0.25) is 0 Å². The zero-order valence-corrected chi connectivity index (χ0v) is 15.3.